The lowest BCUT2D eigenvalue weighted by Crippen LogP contribution is -2.40. The Labute approximate surface area is 206 Å². The molecule has 9 heteroatoms. The van der Waals surface area contributed by atoms with E-state index in [-0.39, 0.29) is 18.4 Å². The molecule has 0 bridgehead atoms. The lowest BCUT2D eigenvalue weighted by Gasteiger charge is -2.25. The molecule has 3 aromatic rings. The third-order valence-electron chi connectivity index (χ3n) is 5.53. The van der Waals surface area contributed by atoms with Crippen LogP contribution in [-0.4, -0.2) is 61.4 Å². The number of likely N-dealkylation sites (N-methyl/N-ethyl adjacent to an activating group) is 1. The molecule has 0 radical (unpaired) electrons. The minimum atomic E-state index is -0.319. The van der Waals surface area contributed by atoms with Crippen molar-refractivity contribution in [2.24, 2.45) is 0 Å². The van der Waals surface area contributed by atoms with Crippen molar-refractivity contribution >= 4 is 11.7 Å². The summed E-state index contributed by atoms with van der Waals surface area (Å²) in [7, 11) is 5.53. The maximum atomic E-state index is 13.4. The van der Waals surface area contributed by atoms with E-state index >= 15 is 0 Å². The fourth-order valence-electron chi connectivity index (χ4n) is 3.50. The number of benzene rings is 2. The van der Waals surface area contributed by atoms with Crippen LogP contribution >= 0.6 is 0 Å². The lowest BCUT2D eigenvalue weighted by molar-refractivity contribution is 0.245. The molecule has 3 rings (SSSR count). The predicted molar refractivity (Wildman–Crippen MR) is 135 cm³/mol. The van der Waals surface area contributed by atoms with Crippen LogP contribution in [0, 0.1) is 12.7 Å². The quantitative estimate of drug-likeness (QED) is 0.393. The molecule has 0 aliphatic rings. The number of methoxy groups -OCH3 is 1. The number of urea groups is 1. The Balaban J connectivity index is 1.73. The van der Waals surface area contributed by atoms with E-state index in [0.717, 1.165) is 30.8 Å². The van der Waals surface area contributed by atoms with Crippen LogP contribution in [0.3, 0.4) is 0 Å². The summed E-state index contributed by atoms with van der Waals surface area (Å²) in [5.41, 5.74) is 2.53. The van der Waals surface area contributed by atoms with Gasteiger partial charge in [-0.2, -0.15) is 0 Å². The maximum Gasteiger partial charge on any atom is 0.322 e. The van der Waals surface area contributed by atoms with Gasteiger partial charge in [0.15, 0.2) is 11.5 Å². The number of aryl methyl sites for hydroxylation is 2. The molecule has 188 valence electrons. The van der Waals surface area contributed by atoms with Crippen molar-refractivity contribution in [3.63, 3.8) is 0 Å². The lowest BCUT2D eigenvalue weighted by atomic mass is 10.2. The van der Waals surface area contributed by atoms with E-state index in [1.54, 1.807) is 42.6 Å². The average Bonchev–Trinajstić information content (AvgIpc) is 3.25. The van der Waals surface area contributed by atoms with Crippen LogP contribution in [0.4, 0.5) is 14.9 Å². The summed E-state index contributed by atoms with van der Waals surface area (Å²) in [5, 5.41) is 3.00. The second-order valence-electron chi connectivity index (χ2n) is 8.51. The number of hydrogen-bond donors (Lipinski definition) is 1. The van der Waals surface area contributed by atoms with Crippen LogP contribution in [0.1, 0.15) is 17.7 Å². The Kier molecular flexibility index (Phi) is 9.48. The van der Waals surface area contributed by atoms with Gasteiger partial charge in [0.2, 0.25) is 0 Å². The number of nitrogens with zero attached hydrogens (tertiary/aromatic N) is 4. The van der Waals surface area contributed by atoms with E-state index in [2.05, 4.69) is 10.3 Å². The molecule has 0 saturated carbocycles. The zero-order valence-corrected chi connectivity index (χ0v) is 20.8. The van der Waals surface area contributed by atoms with Gasteiger partial charge in [0.25, 0.3) is 0 Å². The number of imidazole rings is 1. The smallest absolute Gasteiger partial charge is 0.322 e. The first-order valence-corrected chi connectivity index (χ1v) is 11.6. The monoisotopic (exact) mass is 483 g/mol. The number of anilines is 1. The van der Waals surface area contributed by atoms with E-state index in [1.807, 2.05) is 42.7 Å². The molecule has 1 aromatic heterocycles. The Morgan fingerprint density at radius 1 is 1.14 bits per heavy atom. The van der Waals surface area contributed by atoms with E-state index < -0.39 is 0 Å². The number of nitrogens with one attached hydrogen (secondary N) is 1. The largest absolute Gasteiger partial charge is 0.493 e. The van der Waals surface area contributed by atoms with E-state index in [9.17, 15) is 9.18 Å². The summed E-state index contributed by atoms with van der Waals surface area (Å²) in [4.78, 5) is 21.0. The minimum Gasteiger partial charge on any atom is -0.493 e. The predicted octanol–water partition coefficient (Wildman–Crippen LogP) is 4.09. The normalized spacial score (nSPS) is 10.9. The van der Waals surface area contributed by atoms with E-state index in [1.165, 1.54) is 12.1 Å². The zero-order valence-electron chi connectivity index (χ0n) is 20.8. The fraction of sp³-hybridized carbons (Fsp3) is 0.385. The molecule has 0 spiro atoms. The van der Waals surface area contributed by atoms with Crippen molar-refractivity contribution in [1.82, 2.24) is 19.8 Å². The molecule has 8 nitrogen and oxygen atoms in total. The average molecular weight is 484 g/mol. The molecule has 0 aliphatic heterocycles. The van der Waals surface area contributed by atoms with Gasteiger partial charge in [0.05, 0.1) is 20.0 Å². The van der Waals surface area contributed by atoms with Gasteiger partial charge in [0.1, 0.15) is 12.4 Å². The first kappa shape index (κ1) is 26.0. The Morgan fingerprint density at radius 2 is 1.91 bits per heavy atom. The molecule has 1 N–H and O–H groups in total. The SMILES string of the molecule is COc1cc(N(Cc2ccc(F)cc2)C(=O)NCCCn2cncc2C)ccc1OCCN(C)C. The molecule has 0 unspecified atom stereocenters. The zero-order chi connectivity index (χ0) is 25.2. The number of carbonyl (C=O) groups excluding carboxylic acids is 1. The topological polar surface area (TPSA) is 71.9 Å². The molecular formula is C26H34FN5O3. The van der Waals surface area contributed by atoms with E-state index in [4.69, 9.17) is 9.47 Å². The van der Waals surface area contributed by atoms with Crippen LogP contribution in [0.25, 0.3) is 0 Å². The van der Waals surface area contributed by atoms with Crippen molar-refractivity contribution in [2.45, 2.75) is 26.4 Å². The van der Waals surface area contributed by atoms with Crippen LogP contribution in [0.5, 0.6) is 11.5 Å². The minimum absolute atomic E-state index is 0.250. The highest BCUT2D eigenvalue weighted by atomic mass is 19.1. The molecule has 0 fully saturated rings. The van der Waals surface area contributed by atoms with Crippen molar-refractivity contribution in [1.29, 1.82) is 0 Å². The Hall–Kier alpha value is -3.59. The summed E-state index contributed by atoms with van der Waals surface area (Å²) < 4.78 is 26.9. The third-order valence-corrected chi connectivity index (χ3v) is 5.53. The molecule has 2 amide bonds. The highest BCUT2D eigenvalue weighted by molar-refractivity contribution is 5.92. The van der Waals surface area contributed by atoms with Crippen molar-refractivity contribution in [2.75, 3.05) is 45.8 Å². The first-order chi connectivity index (χ1) is 16.9. The number of hydrogen-bond acceptors (Lipinski definition) is 5. The standard InChI is InChI=1S/C26H34FN5O3/c1-20-17-28-19-31(20)13-5-12-29-26(33)32(18-21-6-8-22(27)9-7-21)23-10-11-24(25(16-23)34-4)35-15-14-30(2)3/h6-11,16-17,19H,5,12-15,18H2,1-4H3,(H,29,33). The fourth-order valence-corrected chi connectivity index (χ4v) is 3.50. The highest BCUT2D eigenvalue weighted by Gasteiger charge is 2.18. The molecule has 35 heavy (non-hydrogen) atoms. The Bertz CT molecular complexity index is 1080. The van der Waals surface area contributed by atoms with Gasteiger partial charge < -0.3 is 24.3 Å². The number of halogens is 1. The van der Waals surface area contributed by atoms with Gasteiger partial charge in [-0.1, -0.05) is 12.1 Å². The number of rotatable bonds is 12. The second-order valence-corrected chi connectivity index (χ2v) is 8.51. The third kappa shape index (κ3) is 7.71. The highest BCUT2D eigenvalue weighted by Crippen LogP contribution is 2.32. The molecule has 2 aromatic carbocycles. The molecular weight excluding hydrogens is 449 g/mol. The van der Waals surface area contributed by atoms with Crippen molar-refractivity contribution in [3.05, 3.63) is 72.1 Å². The van der Waals surface area contributed by atoms with Gasteiger partial charge in [-0.05, 0) is 57.3 Å². The summed E-state index contributed by atoms with van der Waals surface area (Å²) in [5.74, 6) is 0.824. The summed E-state index contributed by atoms with van der Waals surface area (Å²) >= 11 is 0. The summed E-state index contributed by atoms with van der Waals surface area (Å²) in [6, 6.07) is 11.3. The van der Waals surface area contributed by atoms with Crippen molar-refractivity contribution < 1.29 is 18.7 Å². The molecule has 0 saturated heterocycles. The van der Waals surface area contributed by atoms with Gasteiger partial charge in [0, 0.05) is 43.3 Å². The number of ether oxygens (including phenoxy) is 2. The van der Waals surface area contributed by atoms with Gasteiger partial charge in [-0.15, -0.1) is 0 Å². The molecule has 0 atom stereocenters. The van der Waals surface area contributed by atoms with Crippen molar-refractivity contribution in [3.8, 4) is 11.5 Å². The summed E-state index contributed by atoms with van der Waals surface area (Å²) in [6.45, 7) is 4.81. The van der Waals surface area contributed by atoms with Gasteiger partial charge in [-0.3, -0.25) is 4.90 Å². The summed E-state index contributed by atoms with van der Waals surface area (Å²) in [6.07, 6.45) is 4.35. The van der Waals surface area contributed by atoms with Crippen LogP contribution < -0.4 is 19.7 Å². The molecule has 1 heterocycles. The Morgan fingerprint density at radius 3 is 2.57 bits per heavy atom. The first-order valence-electron chi connectivity index (χ1n) is 11.6. The van der Waals surface area contributed by atoms with Crippen LogP contribution in [0.15, 0.2) is 55.0 Å². The van der Waals surface area contributed by atoms with E-state index in [0.29, 0.717) is 30.3 Å². The van der Waals surface area contributed by atoms with Gasteiger partial charge in [-0.25, -0.2) is 14.2 Å². The second kappa shape index (κ2) is 12.8. The van der Waals surface area contributed by atoms with Gasteiger partial charge >= 0.3 is 6.03 Å². The number of aromatic nitrogens is 2. The maximum absolute atomic E-state index is 13.4. The van der Waals surface area contributed by atoms with Crippen LogP contribution in [0.2, 0.25) is 0 Å². The number of carbonyl (C=O) groups is 1. The number of amides is 2. The van der Waals surface area contributed by atoms with Crippen LogP contribution in [-0.2, 0) is 13.1 Å². The molecule has 0 aliphatic carbocycles.